The van der Waals surface area contributed by atoms with Gasteiger partial charge in [-0.05, 0) is 38.1 Å². The molecular weight excluding hydrogens is 428 g/mol. The van der Waals surface area contributed by atoms with Gasteiger partial charge in [0.05, 0.1) is 11.4 Å². The first-order chi connectivity index (χ1) is 15.3. The van der Waals surface area contributed by atoms with E-state index in [1.54, 1.807) is 24.3 Å². The number of rotatable bonds is 6. The number of H-pyrrole nitrogens is 1. The first-order valence-electron chi connectivity index (χ1n) is 10.4. The molecule has 0 atom stereocenters. The molecule has 0 unspecified atom stereocenters. The standard InChI is InChI=1S/C22H26N6O3S/c1-16-6-8-20(9-7-16)32(30,31)28-12-10-27(11-13-28)15-21(29)24-19-5-3-4-18(14-19)22-23-17(2)25-26-22/h3-9,14H,10-13,15H2,1-2H3,(H,24,29)(H,23,25,26). The van der Waals surface area contributed by atoms with Crippen LogP contribution in [0.4, 0.5) is 5.69 Å². The number of hydrogen-bond donors (Lipinski definition) is 2. The number of aromatic amines is 1. The van der Waals surface area contributed by atoms with Crippen molar-refractivity contribution in [1.82, 2.24) is 24.4 Å². The molecular formula is C22H26N6O3S. The highest BCUT2D eigenvalue weighted by Gasteiger charge is 2.29. The molecule has 0 spiro atoms. The lowest BCUT2D eigenvalue weighted by molar-refractivity contribution is -0.117. The predicted octanol–water partition coefficient (Wildman–Crippen LogP) is 2.03. The minimum absolute atomic E-state index is 0.150. The monoisotopic (exact) mass is 454 g/mol. The van der Waals surface area contributed by atoms with Crippen LogP contribution in [-0.2, 0) is 14.8 Å². The summed E-state index contributed by atoms with van der Waals surface area (Å²) < 4.78 is 27.1. The fourth-order valence-electron chi connectivity index (χ4n) is 3.60. The zero-order valence-electron chi connectivity index (χ0n) is 18.1. The molecule has 32 heavy (non-hydrogen) atoms. The normalized spacial score (nSPS) is 15.6. The molecule has 168 valence electrons. The molecule has 1 aliphatic heterocycles. The molecule has 0 aliphatic carbocycles. The van der Waals surface area contributed by atoms with E-state index in [1.165, 1.54) is 4.31 Å². The smallest absolute Gasteiger partial charge is 0.243 e. The number of hydrogen-bond acceptors (Lipinski definition) is 6. The number of aryl methyl sites for hydroxylation is 2. The summed E-state index contributed by atoms with van der Waals surface area (Å²) in [5.74, 6) is 1.14. The minimum atomic E-state index is -3.52. The average molecular weight is 455 g/mol. The summed E-state index contributed by atoms with van der Waals surface area (Å²) >= 11 is 0. The van der Waals surface area contributed by atoms with Crippen LogP contribution in [0.3, 0.4) is 0 Å². The van der Waals surface area contributed by atoms with Crippen LogP contribution in [0, 0.1) is 13.8 Å². The zero-order chi connectivity index (χ0) is 22.7. The van der Waals surface area contributed by atoms with Crippen molar-refractivity contribution in [1.29, 1.82) is 0 Å². The largest absolute Gasteiger partial charge is 0.325 e. The number of aromatic nitrogens is 3. The van der Waals surface area contributed by atoms with Gasteiger partial charge in [-0.15, -0.1) is 0 Å². The third kappa shape index (κ3) is 5.04. The average Bonchev–Trinajstić information content (AvgIpc) is 3.21. The Bertz CT molecular complexity index is 1200. The molecule has 2 N–H and O–H groups in total. The van der Waals surface area contributed by atoms with Gasteiger partial charge in [-0.1, -0.05) is 29.8 Å². The molecule has 1 saturated heterocycles. The van der Waals surface area contributed by atoms with Gasteiger partial charge in [0.1, 0.15) is 5.82 Å². The first kappa shape index (κ1) is 22.1. The van der Waals surface area contributed by atoms with Crippen LogP contribution < -0.4 is 5.32 Å². The molecule has 3 aromatic rings. The van der Waals surface area contributed by atoms with Crippen LogP contribution in [0.2, 0.25) is 0 Å². The van der Waals surface area contributed by atoms with E-state index in [0.29, 0.717) is 42.6 Å². The van der Waals surface area contributed by atoms with Crippen LogP contribution >= 0.6 is 0 Å². The second-order valence-electron chi connectivity index (χ2n) is 7.87. The number of nitrogens with zero attached hydrogens (tertiary/aromatic N) is 4. The van der Waals surface area contributed by atoms with Gasteiger partial charge in [-0.25, -0.2) is 13.4 Å². The Hall–Kier alpha value is -3.08. The van der Waals surface area contributed by atoms with Crippen molar-refractivity contribution in [2.24, 2.45) is 0 Å². The maximum absolute atomic E-state index is 12.8. The van der Waals surface area contributed by atoms with Crippen LogP contribution in [0.5, 0.6) is 0 Å². The van der Waals surface area contributed by atoms with E-state index < -0.39 is 10.0 Å². The maximum Gasteiger partial charge on any atom is 0.243 e. The highest BCUT2D eigenvalue weighted by molar-refractivity contribution is 7.89. The van der Waals surface area contributed by atoms with Crippen molar-refractivity contribution in [3.63, 3.8) is 0 Å². The number of carbonyl (C=O) groups excluding carboxylic acids is 1. The molecule has 9 nitrogen and oxygen atoms in total. The second kappa shape index (κ2) is 9.19. The van der Waals surface area contributed by atoms with Crippen molar-refractivity contribution < 1.29 is 13.2 Å². The Morgan fingerprint density at radius 2 is 1.78 bits per heavy atom. The third-order valence-corrected chi connectivity index (χ3v) is 7.27. The van der Waals surface area contributed by atoms with Crippen LogP contribution in [-0.4, -0.2) is 71.4 Å². The summed E-state index contributed by atoms with van der Waals surface area (Å²) in [5, 5.41) is 9.85. The van der Waals surface area contributed by atoms with Gasteiger partial charge in [0.2, 0.25) is 15.9 Å². The highest BCUT2D eigenvalue weighted by atomic mass is 32.2. The molecule has 10 heteroatoms. The number of anilines is 1. The quantitative estimate of drug-likeness (QED) is 0.590. The fraction of sp³-hybridized carbons (Fsp3) is 0.318. The number of piperazine rings is 1. The SMILES string of the molecule is Cc1ccc(S(=O)(=O)N2CCN(CC(=O)Nc3cccc(-c4n[nH]c(C)n4)c3)CC2)cc1. The Kier molecular flexibility index (Phi) is 6.35. The lowest BCUT2D eigenvalue weighted by atomic mass is 10.2. The van der Waals surface area contributed by atoms with E-state index in [4.69, 9.17) is 0 Å². The molecule has 0 radical (unpaired) electrons. The minimum Gasteiger partial charge on any atom is -0.325 e. The number of amides is 1. The van der Waals surface area contributed by atoms with E-state index in [1.807, 2.05) is 43.0 Å². The summed E-state index contributed by atoms with van der Waals surface area (Å²) in [6.07, 6.45) is 0. The van der Waals surface area contributed by atoms with Gasteiger partial charge in [0.25, 0.3) is 0 Å². The lowest BCUT2D eigenvalue weighted by Gasteiger charge is -2.33. The lowest BCUT2D eigenvalue weighted by Crippen LogP contribution is -2.50. The van der Waals surface area contributed by atoms with Crippen LogP contribution in [0.15, 0.2) is 53.4 Å². The third-order valence-electron chi connectivity index (χ3n) is 5.36. The van der Waals surface area contributed by atoms with E-state index >= 15 is 0 Å². The van der Waals surface area contributed by atoms with Crippen molar-refractivity contribution in [3.8, 4) is 11.4 Å². The second-order valence-corrected chi connectivity index (χ2v) is 9.80. The highest BCUT2D eigenvalue weighted by Crippen LogP contribution is 2.20. The van der Waals surface area contributed by atoms with Crippen molar-refractivity contribution in [3.05, 3.63) is 59.9 Å². The predicted molar refractivity (Wildman–Crippen MR) is 122 cm³/mol. The van der Waals surface area contributed by atoms with Crippen LogP contribution in [0.1, 0.15) is 11.4 Å². The fourth-order valence-corrected chi connectivity index (χ4v) is 5.02. The molecule has 1 amide bonds. The number of nitrogens with one attached hydrogen (secondary N) is 2. The Balaban J connectivity index is 1.32. The van der Waals surface area contributed by atoms with Gasteiger partial charge >= 0.3 is 0 Å². The van der Waals surface area contributed by atoms with Crippen LogP contribution in [0.25, 0.3) is 11.4 Å². The topological polar surface area (TPSA) is 111 Å². The summed E-state index contributed by atoms with van der Waals surface area (Å²) in [5.41, 5.74) is 2.48. The van der Waals surface area contributed by atoms with Gasteiger partial charge < -0.3 is 5.32 Å². The number of benzene rings is 2. The van der Waals surface area contributed by atoms with Gasteiger partial charge in [0, 0.05) is 37.4 Å². The molecule has 1 aromatic heterocycles. The van der Waals surface area contributed by atoms with E-state index in [-0.39, 0.29) is 12.5 Å². The van der Waals surface area contributed by atoms with Gasteiger partial charge in [-0.3, -0.25) is 14.8 Å². The Morgan fingerprint density at radius 3 is 2.44 bits per heavy atom. The van der Waals surface area contributed by atoms with E-state index in [2.05, 4.69) is 20.5 Å². The Morgan fingerprint density at radius 1 is 1.06 bits per heavy atom. The number of carbonyl (C=O) groups is 1. The summed E-state index contributed by atoms with van der Waals surface area (Å²) in [7, 11) is -3.52. The van der Waals surface area contributed by atoms with Gasteiger partial charge in [0.15, 0.2) is 5.82 Å². The summed E-state index contributed by atoms with van der Waals surface area (Å²) in [6, 6.07) is 14.2. The van der Waals surface area contributed by atoms with Crippen molar-refractivity contribution >= 4 is 21.6 Å². The van der Waals surface area contributed by atoms with E-state index in [9.17, 15) is 13.2 Å². The maximum atomic E-state index is 12.8. The van der Waals surface area contributed by atoms with Crippen molar-refractivity contribution in [2.45, 2.75) is 18.7 Å². The van der Waals surface area contributed by atoms with Gasteiger partial charge in [-0.2, -0.15) is 9.40 Å². The van der Waals surface area contributed by atoms with Crippen molar-refractivity contribution in [2.75, 3.05) is 38.0 Å². The Labute approximate surface area is 187 Å². The zero-order valence-corrected chi connectivity index (χ0v) is 18.9. The molecule has 2 heterocycles. The molecule has 0 bridgehead atoms. The number of sulfonamides is 1. The first-order valence-corrected chi connectivity index (χ1v) is 11.8. The molecule has 0 saturated carbocycles. The summed E-state index contributed by atoms with van der Waals surface area (Å²) in [4.78, 5) is 19.1. The molecule has 4 rings (SSSR count). The molecule has 2 aromatic carbocycles. The summed E-state index contributed by atoms with van der Waals surface area (Å²) in [6.45, 7) is 5.64. The molecule has 1 aliphatic rings. The van der Waals surface area contributed by atoms with E-state index in [0.717, 1.165) is 17.0 Å². The molecule has 1 fully saturated rings.